The van der Waals surface area contributed by atoms with E-state index in [4.69, 9.17) is 4.74 Å². The molecule has 8 heteroatoms. The molecule has 0 aliphatic heterocycles. The summed E-state index contributed by atoms with van der Waals surface area (Å²) in [6.07, 6.45) is -0.219. The third-order valence-corrected chi connectivity index (χ3v) is 5.94. The highest BCUT2D eigenvalue weighted by Crippen LogP contribution is 2.28. The maximum absolute atomic E-state index is 12.7. The predicted octanol–water partition coefficient (Wildman–Crippen LogP) is 5.54. The van der Waals surface area contributed by atoms with Crippen molar-refractivity contribution in [2.45, 2.75) is 32.0 Å². The van der Waals surface area contributed by atoms with Gasteiger partial charge in [-0.2, -0.15) is 0 Å². The molecular weight excluding hydrogens is 460 g/mol. The summed E-state index contributed by atoms with van der Waals surface area (Å²) in [7, 11) is 0. The highest BCUT2D eigenvalue weighted by molar-refractivity contribution is 7.99. The Morgan fingerprint density at radius 1 is 0.971 bits per heavy atom. The molecule has 0 unspecified atom stereocenters. The number of hydrogen-bond acceptors (Lipinski definition) is 6. The molecule has 35 heavy (non-hydrogen) atoms. The third kappa shape index (κ3) is 6.16. The molecule has 0 fully saturated rings. The topological polar surface area (TPSA) is 86.1 Å². The van der Waals surface area contributed by atoms with Crippen molar-refractivity contribution in [1.29, 1.82) is 0 Å². The van der Waals surface area contributed by atoms with Crippen molar-refractivity contribution in [3.8, 4) is 17.1 Å². The second kappa shape index (κ2) is 11.0. The lowest BCUT2D eigenvalue weighted by atomic mass is 10.2. The number of nitrogens with one attached hydrogen (secondary N) is 1. The molecule has 0 bridgehead atoms. The Morgan fingerprint density at radius 3 is 2.43 bits per heavy atom. The van der Waals surface area contributed by atoms with E-state index in [2.05, 4.69) is 15.5 Å². The van der Waals surface area contributed by atoms with Crippen LogP contribution >= 0.6 is 11.8 Å². The Kier molecular flexibility index (Phi) is 7.62. The van der Waals surface area contributed by atoms with Gasteiger partial charge in [-0.3, -0.25) is 9.36 Å². The van der Waals surface area contributed by atoms with E-state index in [0.717, 1.165) is 16.8 Å². The van der Waals surface area contributed by atoms with Crippen LogP contribution in [0.15, 0.2) is 84.0 Å². The number of amides is 1. The predicted molar refractivity (Wildman–Crippen MR) is 138 cm³/mol. The minimum Gasteiger partial charge on any atom is -0.459 e. The Bertz CT molecular complexity index is 1320. The summed E-state index contributed by atoms with van der Waals surface area (Å²) in [6, 6.07) is 24.6. The standard InChI is InChI=1S/C27H26N4O3S/c1-18(2)34-26(33)21-10-7-11-22(16-21)28-24(32)17-35-27-30-29-25(20-8-5-4-6-9-20)31(27)23-14-12-19(3)13-15-23/h4-16,18H,17H2,1-3H3,(H,28,32). The van der Waals surface area contributed by atoms with E-state index < -0.39 is 5.97 Å². The Hall–Kier alpha value is -3.91. The number of aryl methyl sites for hydroxylation is 1. The van der Waals surface area contributed by atoms with Gasteiger partial charge in [0, 0.05) is 16.9 Å². The summed E-state index contributed by atoms with van der Waals surface area (Å²) in [5, 5.41) is 12.2. The lowest BCUT2D eigenvalue weighted by Crippen LogP contribution is -2.16. The van der Waals surface area contributed by atoms with Crippen LogP contribution in [0, 0.1) is 6.92 Å². The molecular formula is C27H26N4O3S. The zero-order valence-corrected chi connectivity index (χ0v) is 20.6. The van der Waals surface area contributed by atoms with Crippen LogP contribution in [0.25, 0.3) is 17.1 Å². The smallest absolute Gasteiger partial charge is 0.338 e. The van der Waals surface area contributed by atoms with Crippen LogP contribution in [0.5, 0.6) is 0 Å². The molecule has 0 spiro atoms. The molecule has 3 aromatic carbocycles. The van der Waals surface area contributed by atoms with Crippen LogP contribution in [0.3, 0.4) is 0 Å². The van der Waals surface area contributed by atoms with Gasteiger partial charge >= 0.3 is 5.97 Å². The van der Waals surface area contributed by atoms with E-state index in [1.165, 1.54) is 11.8 Å². The van der Waals surface area contributed by atoms with E-state index in [0.29, 0.717) is 22.2 Å². The summed E-state index contributed by atoms with van der Waals surface area (Å²) < 4.78 is 7.18. The first-order valence-corrected chi connectivity index (χ1v) is 12.2. The van der Waals surface area contributed by atoms with E-state index >= 15 is 0 Å². The fraction of sp³-hybridized carbons (Fsp3) is 0.185. The summed E-state index contributed by atoms with van der Waals surface area (Å²) in [5.74, 6) is 0.183. The quantitative estimate of drug-likeness (QED) is 0.260. The van der Waals surface area contributed by atoms with E-state index in [1.54, 1.807) is 38.1 Å². The normalized spacial score (nSPS) is 10.9. The van der Waals surface area contributed by atoms with Crippen LogP contribution in [-0.4, -0.2) is 38.5 Å². The SMILES string of the molecule is Cc1ccc(-n2c(SCC(=O)Nc3cccc(C(=O)OC(C)C)c3)nnc2-c2ccccc2)cc1. The highest BCUT2D eigenvalue weighted by atomic mass is 32.2. The fourth-order valence-corrected chi connectivity index (χ4v) is 4.15. The summed E-state index contributed by atoms with van der Waals surface area (Å²) in [5.41, 5.74) is 3.91. The number of ether oxygens (including phenoxy) is 1. The molecule has 1 N–H and O–H groups in total. The Labute approximate surface area is 208 Å². The molecule has 4 aromatic rings. The monoisotopic (exact) mass is 486 g/mol. The van der Waals surface area contributed by atoms with Gasteiger partial charge in [-0.25, -0.2) is 4.79 Å². The number of aromatic nitrogens is 3. The molecule has 0 saturated heterocycles. The fourth-order valence-electron chi connectivity index (χ4n) is 3.40. The number of nitrogens with zero attached hydrogens (tertiary/aromatic N) is 3. The van der Waals surface area contributed by atoms with Crippen LogP contribution in [0.2, 0.25) is 0 Å². The zero-order chi connectivity index (χ0) is 24.8. The molecule has 0 atom stereocenters. The number of carbonyl (C=O) groups excluding carboxylic acids is 2. The summed E-state index contributed by atoms with van der Waals surface area (Å²) >= 11 is 1.29. The second-order valence-corrected chi connectivity index (χ2v) is 9.16. The van der Waals surface area contributed by atoms with Crippen LogP contribution in [-0.2, 0) is 9.53 Å². The van der Waals surface area contributed by atoms with Crippen LogP contribution < -0.4 is 5.32 Å². The van der Waals surface area contributed by atoms with Crippen molar-refractivity contribution in [3.63, 3.8) is 0 Å². The molecule has 7 nitrogen and oxygen atoms in total. The average molecular weight is 487 g/mol. The number of rotatable bonds is 8. The molecule has 0 saturated carbocycles. The molecule has 4 rings (SSSR count). The van der Waals surface area contributed by atoms with Crippen LogP contribution in [0.4, 0.5) is 5.69 Å². The van der Waals surface area contributed by atoms with Gasteiger partial charge in [0.15, 0.2) is 11.0 Å². The van der Waals surface area contributed by atoms with Crippen LogP contribution in [0.1, 0.15) is 29.8 Å². The zero-order valence-electron chi connectivity index (χ0n) is 19.8. The Balaban J connectivity index is 1.51. The van der Waals surface area contributed by atoms with Crippen molar-refractivity contribution in [1.82, 2.24) is 14.8 Å². The van der Waals surface area contributed by atoms with Crippen molar-refractivity contribution in [2.24, 2.45) is 0 Å². The van der Waals surface area contributed by atoms with Crippen molar-refractivity contribution >= 4 is 29.3 Å². The number of anilines is 1. The van der Waals surface area contributed by atoms with Gasteiger partial charge < -0.3 is 10.1 Å². The number of benzene rings is 3. The van der Waals surface area contributed by atoms with Crippen molar-refractivity contribution < 1.29 is 14.3 Å². The molecule has 1 aromatic heterocycles. The average Bonchev–Trinajstić information content (AvgIpc) is 3.27. The minimum absolute atomic E-state index is 0.124. The first-order valence-electron chi connectivity index (χ1n) is 11.2. The molecule has 1 heterocycles. The first kappa shape index (κ1) is 24.2. The first-order chi connectivity index (χ1) is 16.9. The number of esters is 1. The van der Waals surface area contributed by atoms with Crippen molar-refractivity contribution in [2.75, 3.05) is 11.1 Å². The van der Waals surface area contributed by atoms with Gasteiger partial charge in [0.2, 0.25) is 5.91 Å². The highest BCUT2D eigenvalue weighted by Gasteiger charge is 2.18. The van der Waals surface area contributed by atoms with E-state index in [9.17, 15) is 9.59 Å². The third-order valence-electron chi connectivity index (χ3n) is 5.01. The number of thioether (sulfide) groups is 1. The van der Waals surface area contributed by atoms with Gasteiger partial charge in [-0.1, -0.05) is 65.9 Å². The number of hydrogen-bond donors (Lipinski definition) is 1. The summed E-state index contributed by atoms with van der Waals surface area (Å²) in [4.78, 5) is 24.9. The van der Waals surface area contributed by atoms with E-state index in [1.807, 2.05) is 66.1 Å². The van der Waals surface area contributed by atoms with Gasteiger partial charge in [0.1, 0.15) is 0 Å². The lowest BCUT2D eigenvalue weighted by molar-refractivity contribution is -0.113. The number of carbonyl (C=O) groups is 2. The molecule has 1 amide bonds. The van der Waals surface area contributed by atoms with Gasteiger partial charge in [0.25, 0.3) is 0 Å². The molecule has 0 aliphatic carbocycles. The van der Waals surface area contributed by atoms with E-state index in [-0.39, 0.29) is 17.8 Å². The Morgan fingerprint density at radius 2 is 1.71 bits per heavy atom. The van der Waals surface area contributed by atoms with Gasteiger partial charge in [-0.05, 0) is 51.1 Å². The van der Waals surface area contributed by atoms with Gasteiger partial charge in [-0.15, -0.1) is 10.2 Å². The molecule has 178 valence electrons. The molecule has 0 radical (unpaired) electrons. The second-order valence-electron chi connectivity index (χ2n) is 8.21. The molecule has 0 aliphatic rings. The largest absolute Gasteiger partial charge is 0.459 e. The van der Waals surface area contributed by atoms with Gasteiger partial charge in [0.05, 0.1) is 17.4 Å². The minimum atomic E-state index is -0.426. The van der Waals surface area contributed by atoms with Crippen molar-refractivity contribution in [3.05, 3.63) is 90.0 Å². The maximum Gasteiger partial charge on any atom is 0.338 e. The summed E-state index contributed by atoms with van der Waals surface area (Å²) in [6.45, 7) is 5.62. The maximum atomic E-state index is 12.7. The lowest BCUT2D eigenvalue weighted by Gasteiger charge is -2.11.